The van der Waals surface area contributed by atoms with Gasteiger partial charge in [0.05, 0.1) is 18.5 Å². The number of nitrogens with zero attached hydrogens (tertiary/aromatic N) is 4. The maximum absolute atomic E-state index is 12.3. The Hall–Kier alpha value is -2.18. The van der Waals surface area contributed by atoms with Crippen LogP contribution in [0.15, 0.2) is 18.2 Å². The second-order valence-corrected chi connectivity index (χ2v) is 4.24. The summed E-state index contributed by atoms with van der Waals surface area (Å²) >= 11 is 0. The van der Waals surface area contributed by atoms with Crippen LogP contribution in [0, 0.1) is 0 Å². The van der Waals surface area contributed by atoms with E-state index in [0.717, 1.165) is 11.2 Å². The molecule has 1 aromatic heterocycles. The Morgan fingerprint density at radius 3 is 3.00 bits per heavy atom. The molecule has 1 aromatic carbocycles. The number of aliphatic carboxylic acids is 1. The highest BCUT2D eigenvalue weighted by Gasteiger charge is 2.08. The average molecular weight is 266 g/mol. The summed E-state index contributed by atoms with van der Waals surface area (Å²) in [7, 11) is 1.82. The molecule has 0 amide bonds. The fourth-order valence-electron chi connectivity index (χ4n) is 1.84. The molecule has 7 heteroatoms. The van der Waals surface area contributed by atoms with E-state index in [2.05, 4.69) is 10.3 Å². The van der Waals surface area contributed by atoms with Gasteiger partial charge in [0.1, 0.15) is 12.2 Å². The number of benzene rings is 1. The molecule has 0 atom stereocenters. The summed E-state index contributed by atoms with van der Waals surface area (Å²) in [5.74, 6) is -0.832. The van der Waals surface area contributed by atoms with Crippen molar-refractivity contribution >= 4 is 22.7 Å². The Morgan fingerprint density at radius 2 is 2.32 bits per heavy atom. The van der Waals surface area contributed by atoms with Crippen LogP contribution in [0.3, 0.4) is 0 Å². The van der Waals surface area contributed by atoms with Crippen LogP contribution < -0.4 is 4.90 Å². The van der Waals surface area contributed by atoms with Gasteiger partial charge in [0.25, 0.3) is 0 Å². The monoisotopic (exact) mass is 266 g/mol. The van der Waals surface area contributed by atoms with Crippen molar-refractivity contribution in [2.45, 2.75) is 13.0 Å². The first kappa shape index (κ1) is 13.3. The van der Waals surface area contributed by atoms with Crippen LogP contribution in [0.5, 0.6) is 0 Å². The van der Waals surface area contributed by atoms with Crippen molar-refractivity contribution < 1.29 is 14.3 Å². The lowest BCUT2D eigenvalue weighted by Gasteiger charge is -2.17. The van der Waals surface area contributed by atoms with Gasteiger partial charge in [-0.2, -0.15) is 0 Å². The molecule has 2 rings (SSSR count). The zero-order valence-electron chi connectivity index (χ0n) is 10.6. The van der Waals surface area contributed by atoms with E-state index in [-0.39, 0.29) is 13.0 Å². The van der Waals surface area contributed by atoms with Crippen molar-refractivity contribution in [3.8, 4) is 0 Å². The molecule has 0 spiro atoms. The lowest BCUT2D eigenvalue weighted by Crippen LogP contribution is -2.20. The maximum Gasteiger partial charge on any atom is 0.305 e. The molecule has 0 aliphatic carbocycles. The van der Waals surface area contributed by atoms with Crippen LogP contribution >= 0.6 is 0 Å². The van der Waals surface area contributed by atoms with Crippen molar-refractivity contribution in [3.63, 3.8) is 0 Å². The highest BCUT2D eigenvalue weighted by atomic mass is 19.1. The van der Waals surface area contributed by atoms with Crippen LogP contribution in [0.2, 0.25) is 0 Å². The molecule has 102 valence electrons. The third kappa shape index (κ3) is 2.98. The summed E-state index contributed by atoms with van der Waals surface area (Å²) < 4.78 is 13.8. The van der Waals surface area contributed by atoms with Gasteiger partial charge in [-0.3, -0.25) is 4.79 Å². The topological polar surface area (TPSA) is 71.2 Å². The largest absolute Gasteiger partial charge is 0.481 e. The molecule has 2 aromatic rings. The maximum atomic E-state index is 12.3. The lowest BCUT2D eigenvalue weighted by molar-refractivity contribution is -0.136. The van der Waals surface area contributed by atoms with Gasteiger partial charge in [0.15, 0.2) is 0 Å². The number of carbonyl (C=O) groups is 1. The summed E-state index contributed by atoms with van der Waals surface area (Å²) in [6.07, 6.45) is 0.0725. The molecular weight excluding hydrogens is 251 g/mol. The Kier molecular flexibility index (Phi) is 3.94. The predicted molar refractivity (Wildman–Crippen MR) is 69.0 cm³/mol. The van der Waals surface area contributed by atoms with E-state index in [1.54, 1.807) is 0 Å². The van der Waals surface area contributed by atoms with E-state index in [1.165, 1.54) is 4.68 Å². The summed E-state index contributed by atoms with van der Waals surface area (Å²) in [6.45, 7) is 0.114. The Morgan fingerprint density at radius 1 is 1.53 bits per heavy atom. The predicted octanol–water partition coefficient (Wildman–Crippen LogP) is 1.31. The molecule has 0 saturated heterocycles. The molecule has 6 nitrogen and oxygen atoms in total. The molecule has 0 fully saturated rings. The molecule has 0 unspecified atom stereocenters. The molecule has 19 heavy (non-hydrogen) atoms. The van der Waals surface area contributed by atoms with E-state index in [9.17, 15) is 9.18 Å². The summed E-state index contributed by atoms with van der Waals surface area (Å²) in [5, 5.41) is 16.5. The molecule has 1 N–H and O–H groups in total. The third-order valence-electron chi connectivity index (χ3n) is 2.90. The second kappa shape index (κ2) is 5.64. The van der Waals surface area contributed by atoms with Gasteiger partial charge < -0.3 is 10.0 Å². The number of fused-ring (bicyclic) bond motifs is 1. The SMILES string of the molecule is CN(CCC(=O)O)c1ccc2c(c1)nnn2CCF. The first-order valence-corrected chi connectivity index (χ1v) is 5.94. The number of carboxylic acid groups (broad SMARTS) is 1. The van der Waals surface area contributed by atoms with Crippen LogP contribution in [0.4, 0.5) is 10.1 Å². The van der Waals surface area contributed by atoms with Crippen LogP contribution in [-0.2, 0) is 11.3 Å². The fourth-order valence-corrected chi connectivity index (χ4v) is 1.84. The molecule has 0 saturated carbocycles. The van der Waals surface area contributed by atoms with Gasteiger partial charge in [0, 0.05) is 19.3 Å². The number of rotatable bonds is 6. The quantitative estimate of drug-likeness (QED) is 0.853. The molecule has 0 aliphatic rings. The van der Waals surface area contributed by atoms with Crippen molar-refractivity contribution in [3.05, 3.63) is 18.2 Å². The molecule has 0 bridgehead atoms. The fraction of sp³-hybridized carbons (Fsp3) is 0.417. The third-order valence-corrected chi connectivity index (χ3v) is 2.90. The average Bonchev–Trinajstić information content (AvgIpc) is 2.79. The minimum absolute atomic E-state index is 0.0725. The Balaban J connectivity index is 2.19. The molecule has 0 radical (unpaired) electrons. The van der Waals surface area contributed by atoms with Crippen LogP contribution in [0.25, 0.3) is 11.0 Å². The smallest absolute Gasteiger partial charge is 0.305 e. The van der Waals surface area contributed by atoms with E-state index in [0.29, 0.717) is 12.1 Å². The lowest BCUT2D eigenvalue weighted by atomic mass is 10.2. The molecule has 0 aliphatic heterocycles. The zero-order valence-corrected chi connectivity index (χ0v) is 10.6. The first-order chi connectivity index (χ1) is 9.11. The number of halogens is 1. The number of aromatic nitrogens is 3. The zero-order chi connectivity index (χ0) is 13.8. The van der Waals surface area contributed by atoms with Crippen molar-refractivity contribution in [1.29, 1.82) is 0 Å². The number of anilines is 1. The summed E-state index contributed by atoms with van der Waals surface area (Å²) in [5.41, 5.74) is 2.31. The van der Waals surface area contributed by atoms with E-state index >= 15 is 0 Å². The standard InChI is InChI=1S/C12H15FN4O2/c1-16(6-4-12(18)19)9-2-3-11-10(8-9)14-15-17(11)7-5-13/h2-3,8H,4-7H2,1H3,(H,18,19). The second-order valence-electron chi connectivity index (χ2n) is 4.24. The van der Waals surface area contributed by atoms with Crippen molar-refractivity contribution in [1.82, 2.24) is 15.0 Å². The summed E-state index contributed by atoms with van der Waals surface area (Å²) in [4.78, 5) is 12.4. The van der Waals surface area contributed by atoms with Gasteiger partial charge in [-0.25, -0.2) is 9.07 Å². The molecule has 1 heterocycles. The van der Waals surface area contributed by atoms with E-state index in [4.69, 9.17) is 5.11 Å². The Labute approximate surface area is 109 Å². The summed E-state index contributed by atoms with van der Waals surface area (Å²) in [6, 6.07) is 5.48. The van der Waals surface area contributed by atoms with Gasteiger partial charge >= 0.3 is 5.97 Å². The van der Waals surface area contributed by atoms with Crippen LogP contribution in [0.1, 0.15) is 6.42 Å². The number of alkyl halides is 1. The normalized spacial score (nSPS) is 10.8. The number of carboxylic acids is 1. The van der Waals surface area contributed by atoms with Crippen molar-refractivity contribution in [2.24, 2.45) is 0 Å². The van der Waals surface area contributed by atoms with E-state index in [1.807, 2.05) is 30.1 Å². The van der Waals surface area contributed by atoms with Gasteiger partial charge in [0.2, 0.25) is 0 Å². The first-order valence-electron chi connectivity index (χ1n) is 5.94. The van der Waals surface area contributed by atoms with E-state index < -0.39 is 12.6 Å². The highest BCUT2D eigenvalue weighted by Crippen LogP contribution is 2.19. The van der Waals surface area contributed by atoms with Gasteiger partial charge in [-0.05, 0) is 18.2 Å². The minimum atomic E-state index is -0.832. The van der Waals surface area contributed by atoms with Crippen molar-refractivity contribution in [2.75, 3.05) is 25.2 Å². The number of aryl methyl sites for hydroxylation is 1. The van der Waals surface area contributed by atoms with Crippen LogP contribution in [-0.4, -0.2) is 46.3 Å². The molecular formula is C12H15FN4O2. The Bertz CT molecular complexity index is 584. The van der Waals surface area contributed by atoms with Gasteiger partial charge in [-0.15, -0.1) is 5.10 Å². The highest BCUT2D eigenvalue weighted by molar-refractivity contribution is 5.79. The minimum Gasteiger partial charge on any atom is -0.481 e. The number of hydrogen-bond donors (Lipinski definition) is 1. The number of hydrogen-bond acceptors (Lipinski definition) is 4. The van der Waals surface area contributed by atoms with Gasteiger partial charge in [-0.1, -0.05) is 5.21 Å².